The Kier molecular flexibility index (Phi) is 3.85. The summed E-state index contributed by atoms with van der Waals surface area (Å²) in [4.78, 5) is 13.2. The summed E-state index contributed by atoms with van der Waals surface area (Å²) in [5, 5.41) is 0. The van der Waals surface area contributed by atoms with Crippen LogP contribution in [-0.4, -0.2) is 30.5 Å². The molecule has 1 fully saturated rings. The molecule has 3 nitrogen and oxygen atoms in total. The molecule has 1 aliphatic rings. The van der Waals surface area contributed by atoms with Gasteiger partial charge in [0.2, 0.25) is 5.82 Å². The molecule has 98 valence electrons. The van der Waals surface area contributed by atoms with Crippen LogP contribution in [0.3, 0.4) is 0 Å². The first-order valence-electron chi connectivity index (χ1n) is 5.52. The Hall–Kier alpha value is -1.17. The molecule has 0 spiro atoms. The summed E-state index contributed by atoms with van der Waals surface area (Å²) in [6.07, 6.45) is 1.98. The lowest BCUT2D eigenvalue weighted by Crippen LogP contribution is -2.33. The molecule has 1 amide bonds. The molecule has 0 saturated heterocycles. The average molecular weight is 320 g/mol. The van der Waals surface area contributed by atoms with Gasteiger partial charge < -0.3 is 9.64 Å². The van der Waals surface area contributed by atoms with E-state index < -0.39 is 11.6 Å². The van der Waals surface area contributed by atoms with Crippen LogP contribution in [0.4, 0.5) is 8.78 Å². The first kappa shape index (κ1) is 13.3. The Morgan fingerprint density at radius 1 is 1.50 bits per heavy atom. The maximum absolute atomic E-state index is 13.4. The van der Waals surface area contributed by atoms with Crippen molar-refractivity contribution in [2.45, 2.75) is 18.9 Å². The first-order chi connectivity index (χ1) is 8.49. The largest absolute Gasteiger partial charge is 0.481 e. The van der Waals surface area contributed by atoms with E-state index in [0.29, 0.717) is 4.47 Å². The third-order valence-corrected chi connectivity index (χ3v) is 3.26. The van der Waals surface area contributed by atoms with E-state index in [2.05, 4.69) is 15.9 Å². The van der Waals surface area contributed by atoms with Gasteiger partial charge in [-0.15, -0.1) is 0 Å². The lowest BCUT2D eigenvalue weighted by Gasteiger charge is -2.16. The van der Waals surface area contributed by atoms with Crippen LogP contribution in [0.1, 0.15) is 12.8 Å². The summed E-state index contributed by atoms with van der Waals surface area (Å²) in [6.45, 7) is -0.292. The number of amides is 1. The second-order valence-corrected chi connectivity index (χ2v) is 5.14. The van der Waals surface area contributed by atoms with Crippen LogP contribution in [0.5, 0.6) is 5.75 Å². The van der Waals surface area contributed by atoms with Gasteiger partial charge in [0.25, 0.3) is 5.91 Å². The Labute approximate surface area is 112 Å². The van der Waals surface area contributed by atoms with Crippen LogP contribution in [0.25, 0.3) is 0 Å². The molecule has 0 aliphatic heterocycles. The molecule has 1 aromatic carbocycles. The minimum Gasteiger partial charge on any atom is -0.481 e. The number of carbonyl (C=O) groups excluding carboxylic acids is 1. The van der Waals surface area contributed by atoms with Gasteiger partial charge in [0, 0.05) is 17.6 Å². The highest BCUT2D eigenvalue weighted by molar-refractivity contribution is 9.10. The summed E-state index contributed by atoms with van der Waals surface area (Å²) in [7, 11) is 1.68. The second-order valence-electron chi connectivity index (χ2n) is 4.22. The van der Waals surface area contributed by atoms with Crippen LogP contribution < -0.4 is 4.74 Å². The summed E-state index contributed by atoms with van der Waals surface area (Å²) < 4.78 is 31.8. The summed E-state index contributed by atoms with van der Waals surface area (Å²) in [5.41, 5.74) is 0. The van der Waals surface area contributed by atoms with Gasteiger partial charge in [0.05, 0.1) is 0 Å². The van der Waals surface area contributed by atoms with Gasteiger partial charge in [0.1, 0.15) is 0 Å². The number of benzene rings is 1. The van der Waals surface area contributed by atoms with Crippen molar-refractivity contribution < 1.29 is 18.3 Å². The van der Waals surface area contributed by atoms with Gasteiger partial charge in [0.15, 0.2) is 18.2 Å². The quantitative estimate of drug-likeness (QED) is 0.799. The summed E-state index contributed by atoms with van der Waals surface area (Å²) in [6, 6.07) is 2.56. The number of hydrogen-bond donors (Lipinski definition) is 0. The lowest BCUT2D eigenvalue weighted by atomic mass is 10.3. The Morgan fingerprint density at radius 3 is 2.78 bits per heavy atom. The smallest absolute Gasteiger partial charge is 0.260 e. The molecule has 2 rings (SSSR count). The molecule has 0 radical (unpaired) electrons. The third-order valence-electron chi connectivity index (χ3n) is 2.80. The van der Waals surface area contributed by atoms with Crippen molar-refractivity contribution in [2.24, 2.45) is 0 Å². The number of nitrogens with zero attached hydrogens (tertiary/aromatic N) is 1. The van der Waals surface area contributed by atoms with Crippen molar-refractivity contribution >= 4 is 21.8 Å². The number of rotatable bonds is 4. The average Bonchev–Trinajstić information content (AvgIpc) is 3.14. The fraction of sp³-hybridized carbons (Fsp3) is 0.417. The fourth-order valence-corrected chi connectivity index (χ4v) is 1.95. The van der Waals surface area contributed by atoms with E-state index in [9.17, 15) is 13.6 Å². The minimum absolute atomic E-state index is 0.239. The maximum atomic E-state index is 13.4. The van der Waals surface area contributed by atoms with Crippen LogP contribution >= 0.6 is 15.9 Å². The number of ether oxygens (including phenoxy) is 1. The topological polar surface area (TPSA) is 29.5 Å². The standard InChI is InChI=1S/C12H12BrF2NO2/c1-16(8-2-3-8)11(17)6-18-10-5-7(13)4-9(14)12(10)15/h4-5,8H,2-3,6H2,1H3. The molecule has 0 heterocycles. The molecule has 0 atom stereocenters. The second kappa shape index (κ2) is 5.22. The molecule has 18 heavy (non-hydrogen) atoms. The molecular formula is C12H12BrF2NO2. The third kappa shape index (κ3) is 2.98. The predicted molar refractivity (Wildman–Crippen MR) is 65.3 cm³/mol. The highest BCUT2D eigenvalue weighted by Crippen LogP contribution is 2.27. The van der Waals surface area contributed by atoms with Crippen LogP contribution in [0.15, 0.2) is 16.6 Å². The van der Waals surface area contributed by atoms with Gasteiger partial charge in [-0.1, -0.05) is 15.9 Å². The van der Waals surface area contributed by atoms with Crippen LogP contribution in [-0.2, 0) is 4.79 Å². The number of carbonyl (C=O) groups is 1. The van der Waals surface area contributed by atoms with Gasteiger partial charge in [-0.05, 0) is 25.0 Å². The van der Waals surface area contributed by atoms with Crippen molar-refractivity contribution in [1.82, 2.24) is 4.90 Å². The minimum atomic E-state index is -1.08. The fourth-order valence-electron chi connectivity index (χ4n) is 1.54. The van der Waals surface area contributed by atoms with Crippen LogP contribution in [0, 0.1) is 11.6 Å². The van der Waals surface area contributed by atoms with Gasteiger partial charge in [-0.2, -0.15) is 4.39 Å². The zero-order valence-electron chi connectivity index (χ0n) is 9.75. The van der Waals surface area contributed by atoms with Crippen molar-refractivity contribution in [3.8, 4) is 5.75 Å². The Bertz CT molecular complexity index is 477. The van der Waals surface area contributed by atoms with Crippen molar-refractivity contribution in [3.05, 3.63) is 28.2 Å². The molecule has 0 bridgehead atoms. The Morgan fingerprint density at radius 2 is 2.17 bits per heavy atom. The molecular weight excluding hydrogens is 308 g/mol. The van der Waals surface area contributed by atoms with Crippen LogP contribution in [0.2, 0.25) is 0 Å². The zero-order valence-corrected chi connectivity index (χ0v) is 11.3. The normalized spacial score (nSPS) is 14.4. The van der Waals surface area contributed by atoms with E-state index in [1.165, 1.54) is 6.07 Å². The predicted octanol–water partition coefficient (Wildman–Crippen LogP) is 2.73. The van der Waals surface area contributed by atoms with E-state index in [0.717, 1.165) is 18.9 Å². The van der Waals surface area contributed by atoms with Crippen molar-refractivity contribution in [2.75, 3.05) is 13.7 Å². The summed E-state index contributed by atoms with van der Waals surface area (Å²) in [5.74, 6) is -2.60. The van der Waals surface area contributed by atoms with E-state index in [4.69, 9.17) is 4.74 Å². The molecule has 0 N–H and O–H groups in total. The maximum Gasteiger partial charge on any atom is 0.260 e. The van der Waals surface area contributed by atoms with Crippen molar-refractivity contribution in [1.29, 1.82) is 0 Å². The van der Waals surface area contributed by atoms with E-state index in [1.54, 1.807) is 11.9 Å². The van der Waals surface area contributed by atoms with Crippen molar-refractivity contribution in [3.63, 3.8) is 0 Å². The molecule has 6 heteroatoms. The molecule has 1 saturated carbocycles. The number of halogens is 3. The monoisotopic (exact) mass is 319 g/mol. The molecule has 1 aliphatic carbocycles. The molecule has 1 aromatic rings. The SMILES string of the molecule is CN(C(=O)COc1cc(Br)cc(F)c1F)C1CC1. The number of hydrogen-bond acceptors (Lipinski definition) is 2. The van der Waals surface area contributed by atoms with E-state index >= 15 is 0 Å². The van der Waals surface area contributed by atoms with Gasteiger partial charge in [-0.3, -0.25) is 4.79 Å². The molecule has 0 aromatic heterocycles. The van der Waals surface area contributed by atoms with E-state index in [-0.39, 0.29) is 24.3 Å². The number of likely N-dealkylation sites (N-methyl/N-ethyl adjacent to an activating group) is 1. The summed E-state index contributed by atoms with van der Waals surface area (Å²) >= 11 is 3.03. The lowest BCUT2D eigenvalue weighted by molar-refractivity contribution is -0.132. The van der Waals surface area contributed by atoms with Gasteiger partial charge >= 0.3 is 0 Å². The highest BCUT2D eigenvalue weighted by Gasteiger charge is 2.29. The first-order valence-corrected chi connectivity index (χ1v) is 6.31. The van der Waals surface area contributed by atoms with E-state index in [1.807, 2.05) is 0 Å². The Balaban J connectivity index is 1.99. The van der Waals surface area contributed by atoms with Gasteiger partial charge in [-0.25, -0.2) is 4.39 Å². The molecule has 0 unspecified atom stereocenters. The highest BCUT2D eigenvalue weighted by atomic mass is 79.9. The zero-order chi connectivity index (χ0) is 13.3.